The number of halogens is 4. The maximum atomic E-state index is 13.4. The molecule has 0 N–H and O–H groups in total. The second-order valence-electron chi connectivity index (χ2n) is 8.79. The fraction of sp³-hybridized carbons (Fsp3) is 0.571. The molecule has 10 heteroatoms. The van der Waals surface area contributed by atoms with Gasteiger partial charge in [0.15, 0.2) is 0 Å². The van der Waals surface area contributed by atoms with Crippen molar-refractivity contribution in [2.75, 3.05) is 29.9 Å². The van der Waals surface area contributed by atoms with E-state index in [0.29, 0.717) is 19.2 Å². The normalized spacial score (nSPS) is 33.0. The summed E-state index contributed by atoms with van der Waals surface area (Å²) in [6.07, 6.45) is -3.88. The maximum Gasteiger partial charge on any atom is 0.417 e. The van der Waals surface area contributed by atoms with Crippen LogP contribution >= 0.6 is 15.9 Å². The number of imide groups is 1. The molecule has 3 saturated heterocycles. The number of carbonyl (C=O) groups is 2. The first-order chi connectivity index (χ1) is 14.4. The average molecular weight is 500 g/mol. The van der Waals surface area contributed by atoms with Gasteiger partial charge < -0.3 is 4.74 Å². The summed E-state index contributed by atoms with van der Waals surface area (Å²) in [5.41, 5.74) is -3.72. The van der Waals surface area contributed by atoms with Crippen molar-refractivity contribution in [3.63, 3.8) is 0 Å². The van der Waals surface area contributed by atoms with Gasteiger partial charge in [-0.05, 0) is 45.0 Å². The molecule has 2 bridgehead atoms. The van der Waals surface area contributed by atoms with Gasteiger partial charge in [-0.2, -0.15) is 18.4 Å². The Morgan fingerprint density at radius 1 is 1.19 bits per heavy atom. The van der Waals surface area contributed by atoms with Crippen molar-refractivity contribution in [1.82, 2.24) is 4.90 Å². The number of ether oxygens (including phenoxy) is 1. The second-order valence-corrected chi connectivity index (χ2v) is 9.58. The van der Waals surface area contributed by atoms with E-state index in [1.54, 1.807) is 13.8 Å². The van der Waals surface area contributed by atoms with Crippen molar-refractivity contribution in [2.45, 2.75) is 37.6 Å². The SMILES string of the molecule is C[C@]12CN(CCCBr)C[C@](C)(O1)C1C(=O)N(c3ccc(C#N)c(C(F)(F)F)c3)C(=O)C12. The number of carbonyl (C=O) groups excluding carboxylic acids is 2. The number of nitriles is 1. The monoisotopic (exact) mass is 499 g/mol. The molecule has 1 aromatic carbocycles. The molecule has 0 radical (unpaired) electrons. The van der Waals surface area contributed by atoms with Crippen molar-refractivity contribution in [3.05, 3.63) is 29.3 Å². The third-order valence-electron chi connectivity index (χ3n) is 6.46. The molecule has 166 valence electrons. The Bertz CT molecular complexity index is 958. The topological polar surface area (TPSA) is 73.6 Å². The number of fused-ring (bicyclic) bond motifs is 5. The molecule has 3 heterocycles. The molecule has 3 fully saturated rings. The van der Waals surface area contributed by atoms with Crippen LogP contribution in [0, 0.1) is 23.2 Å². The van der Waals surface area contributed by atoms with Crippen molar-refractivity contribution < 1.29 is 27.5 Å². The van der Waals surface area contributed by atoms with E-state index in [-0.39, 0.29) is 5.69 Å². The van der Waals surface area contributed by atoms with Crippen LogP contribution in [-0.2, 0) is 20.5 Å². The van der Waals surface area contributed by atoms with Crippen molar-refractivity contribution in [3.8, 4) is 6.07 Å². The van der Waals surface area contributed by atoms with Crippen LogP contribution in [-0.4, -0.2) is 52.9 Å². The van der Waals surface area contributed by atoms with Crippen LogP contribution in [0.2, 0.25) is 0 Å². The summed E-state index contributed by atoms with van der Waals surface area (Å²) in [5, 5.41) is 9.84. The first kappa shape index (κ1) is 22.2. The highest BCUT2D eigenvalue weighted by molar-refractivity contribution is 9.09. The predicted molar refractivity (Wildman–Crippen MR) is 108 cm³/mol. The molecule has 2 unspecified atom stereocenters. The zero-order valence-corrected chi connectivity index (χ0v) is 18.6. The number of nitrogens with zero attached hydrogens (tertiary/aromatic N) is 3. The van der Waals surface area contributed by atoms with E-state index < -0.39 is 52.2 Å². The number of hydrogen-bond donors (Lipinski definition) is 0. The maximum absolute atomic E-state index is 13.4. The first-order valence-corrected chi connectivity index (χ1v) is 11.0. The van der Waals surface area contributed by atoms with Crippen molar-refractivity contribution in [1.29, 1.82) is 5.26 Å². The Hall–Kier alpha value is -1.96. The van der Waals surface area contributed by atoms with Gasteiger partial charge in [-0.1, -0.05) is 15.9 Å². The second kappa shape index (κ2) is 7.29. The van der Waals surface area contributed by atoms with E-state index in [9.17, 15) is 22.8 Å². The molecule has 0 spiro atoms. The molecule has 3 aliphatic rings. The molecule has 3 aliphatic heterocycles. The highest BCUT2D eigenvalue weighted by Crippen LogP contribution is 2.55. The molecule has 6 nitrogen and oxygen atoms in total. The quantitative estimate of drug-likeness (QED) is 0.469. The molecule has 1 aromatic rings. The van der Waals surface area contributed by atoms with Gasteiger partial charge in [0.2, 0.25) is 11.8 Å². The van der Waals surface area contributed by atoms with E-state index in [0.717, 1.165) is 29.3 Å². The highest BCUT2D eigenvalue weighted by Gasteiger charge is 2.71. The summed E-state index contributed by atoms with van der Waals surface area (Å²) in [7, 11) is 0. The Kier molecular flexibility index (Phi) is 5.23. The van der Waals surface area contributed by atoms with E-state index in [1.807, 2.05) is 0 Å². The summed E-state index contributed by atoms with van der Waals surface area (Å²) >= 11 is 3.41. The molecular weight excluding hydrogens is 479 g/mol. The lowest BCUT2D eigenvalue weighted by Crippen LogP contribution is -2.58. The number of alkyl halides is 4. The van der Waals surface area contributed by atoms with Crippen LogP contribution in [0.5, 0.6) is 0 Å². The number of benzene rings is 1. The number of likely N-dealkylation sites (tertiary alicyclic amines) is 1. The fourth-order valence-corrected chi connectivity index (χ4v) is 5.71. The fourth-order valence-electron chi connectivity index (χ4n) is 5.46. The van der Waals surface area contributed by atoms with Gasteiger partial charge in [-0.3, -0.25) is 14.5 Å². The summed E-state index contributed by atoms with van der Waals surface area (Å²) in [5.74, 6) is -2.66. The molecule has 4 rings (SSSR count). The van der Waals surface area contributed by atoms with E-state index in [2.05, 4.69) is 20.8 Å². The zero-order valence-electron chi connectivity index (χ0n) is 17.0. The Morgan fingerprint density at radius 3 is 2.26 bits per heavy atom. The number of rotatable bonds is 4. The standard InChI is InChI=1S/C21H21BrF3N3O3/c1-19-10-27(7-3-6-22)11-20(2,31-19)16-15(19)17(29)28(18(16)30)13-5-4-12(9-26)14(8-13)21(23,24)25/h4-5,8,15-16H,3,6-7,10-11H2,1-2H3/t15?,16?,19-,20+. The summed E-state index contributed by atoms with van der Waals surface area (Å²) in [4.78, 5) is 29.8. The lowest BCUT2D eigenvalue weighted by atomic mass is 9.79. The molecule has 2 amide bonds. The number of anilines is 1. The van der Waals surface area contributed by atoms with E-state index >= 15 is 0 Å². The largest absolute Gasteiger partial charge is 0.417 e. The minimum atomic E-state index is -4.78. The van der Waals surface area contributed by atoms with Gasteiger partial charge in [-0.25, -0.2) is 4.90 Å². The predicted octanol–water partition coefficient (Wildman–Crippen LogP) is 3.33. The van der Waals surface area contributed by atoms with Crippen LogP contribution in [0.3, 0.4) is 0 Å². The lowest BCUT2D eigenvalue weighted by Gasteiger charge is -2.45. The number of morpholine rings is 1. The van der Waals surface area contributed by atoms with Crippen LogP contribution < -0.4 is 4.90 Å². The van der Waals surface area contributed by atoms with Gasteiger partial charge in [0.1, 0.15) is 0 Å². The minimum absolute atomic E-state index is 0.169. The summed E-state index contributed by atoms with van der Waals surface area (Å²) in [6, 6.07) is 4.43. The Labute approximate surface area is 186 Å². The van der Waals surface area contributed by atoms with Gasteiger partial charge in [0.05, 0.1) is 45.9 Å². The van der Waals surface area contributed by atoms with Gasteiger partial charge in [-0.15, -0.1) is 0 Å². The smallest absolute Gasteiger partial charge is 0.365 e. The van der Waals surface area contributed by atoms with Crippen LogP contribution in [0.15, 0.2) is 18.2 Å². The van der Waals surface area contributed by atoms with E-state index in [4.69, 9.17) is 10.00 Å². The molecule has 4 atom stereocenters. The van der Waals surface area contributed by atoms with Crippen LogP contribution in [0.4, 0.5) is 18.9 Å². The Morgan fingerprint density at radius 2 is 1.77 bits per heavy atom. The van der Waals surface area contributed by atoms with E-state index in [1.165, 1.54) is 12.1 Å². The Balaban J connectivity index is 1.72. The molecule has 0 aromatic heterocycles. The van der Waals surface area contributed by atoms with Crippen LogP contribution in [0.25, 0.3) is 0 Å². The number of amides is 2. The van der Waals surface area contributed by atoms with Gasteiger partial charge in [0.25, 0.3) is 0 Å². The third kappa shape index (κ3) is 3.38. The van der Waals surface area contributed by atoms with Crippen molar-refractivity contribution >= 4 is 33.4 Å². The molecular formula is C21H21BrF3N3O3. The van der Waals surface area contributed by atoms with Crippen molar-refractivity contribution in [2.24, 2.45) is 11.8 Å². The summed E-state index contributed by atoms with van der Waals surface area (Å²) < 4.78 is 46.5. The van der Waals surface area contributed by atoms with Gasteiger partial charge >= 0.3 is 6.18 Å². The zero-order chi connectivity index (χ0) is 22.8. The third-order valence-corrected chi connectivity index (χ3v) is 7.02. The molecule has 0 saturated carbocycles. The lowest BCUT2D eigenvalue weighted by molar-refractivity contribution is -0.169. The minimum Gasteiger partial charge on any atom is -0.365 e. The average Bonchev–Trinajstić information content (AvgIpc) is 3.05. The summed E-state index contributed by atoms with van der Waals surface area (Å²) in [6.45, 7) is 5.31. The highest BCUT2D eigenvalue weighted by atomic mass is 79.9. The molecule has 31 heavy (non-hydrogen) atoms. The number of hydrogen-bond acceptors (Lipinski definition) is 5. The molecule has 0 aliphatic carbocycles. The van der Waals surface area contributed by atoms with Gasteiger partial charge in [0, 0.05) is 18.4 Å². The van der Waals surface area contributed by atoms with Crippen LogP contribution in [0.1, 0.15) is 31.4 Å². The first-order valence-electron chi connectivity index (χ1n) is 9.93.